The average molecular weight is 733 g/mol. The van der Waals surface area contributed by atoms with Crippen LogP contribution in [0.25, 0.3) is 0 Å². The Kier molecular flexibility index (Phi) is 11.5. The number of likely N-dealkylation sites (tertiary alicyclic amines) is 1. The zero-order valence-electron chi connectivity index (χ0n) is 28.9. The topological polar surface area (TPSA) is 211 Å². The van der Waals surface area contributed by atoms with E-state index in [0.717, 1.165) is 56.4 Å². The molecule has 1 saturated carbocycles. The van der Waals surface area contributed by atoms with Gasteiger partial charge in [0.1, 0.15) is 22.9 Å². The highest BCUT2D eigenvalue weighted by atomic mass is 19.4. The number of primary amides is 1. The second kappa shape index (κ2) is 15.5. The van der Waals surface area contributed by atoms with Crippen molar-refractivity contribution in [2.45, 2.75) is 101 Å². The Bertz CT molecular complexity index is 1690. The number of hydrogen-bond donors (Lipinski definition) is 4. The van der Waals surface area contributed by atoms with Gasteiger partial charge in [-0.15, -0.1) is 5.10 Å². The van der Waals surface area contributed by atoms with Crippen LogP contribution < -0.4 is 16.4 Å². The summed E-state index contributed by atoms with van der Waals surface area (Å²) in [6.07, 6.45) is 1.14. The molecule has 1 aromatic heterocycles. The third-order valence-corrected chi connectivity index (χ3v) is 9.91. The number of aliphatic imine (C=N–C) groups is 1. The minimum Gasteiger partial charge on any atom is -0.384 e. The van der Waals surface area contributed by atoms with Crippen molar-refractivity contribution in [3.63, 3.8) is 0 Å². The van der Waals surface area contributed by atoms with E-state index in [2.05, 4.69) is 25.9 Å². The molecule has 2 atom stereocenters. The van der Waals surface area contributed by atoms with Gasteiger partial charge in [-0.1, -0.05) is 37.3 Å². The Morgan fingerprint density at radius 2 is 1.71 bits per heavy atom. The molecule has 3 heterocycles. The van der Waals surface area contributed by atoms with Crippen LogP contribution in [0.15, 0.2) is 35.5 Å². The van der Waals surface area contributed by atoms with Crippen molar-refractivity contribution in [1.82, 2.24) is 25.2 Å². The van der Waals surface area contributed by atoms with Crippen molar-refractivity contribution in [2.75, 3.05) is 25.1 Å². The Morgan fingerprint density at radius 1 is 1.06 bits per heavy atom. The number of aromatic nitrogens is 3. The largest absolute Gasteiger partial charge is 0.416 e. The fourth-order valence-electron chi connectivity index (χ4n) is 7.13. The first-order valence-corrected chi connectivity index (χ1v) is 17.2. The second-order valence-corrected chi connectivity index (χ2v) is 14.1. The fraction of sp³-hybridized carbons (Fsp3) is 0.588. The molecule has 2 aliphatic heterocycles. The maximum absolute atomic E-state index is 14.5. The normalized spacial score (nSPS) is 21.4. The summed E-state index contributed by atoms with van der Waals surface area (Å²) in [5.74, 6) is -3.75. The summed E-state index contributed by atoms with van der Waals surface area (Å²) in [4.78, 5) is 72.4. The summed E-state index contributed by atoms with van der Waals surface area (Å²) < 4.78 is 46.0. The van der Waals surface area contributed by atoms with Crippen LogP contribution in [0.1, 0.15) is 88.9 Å². The Labute approximate surface area is 297 Å². The molecule has 0 bridgehead atoms. The molecule has 0 radical (unpaired) electrons. The smallest absolute Gasteiger partial charge is 0.384 e. The summed E-state index contributed by atoms with van der Waals surface area (Å²) >= 11 is 0. The number of nitrogens with zero attached hydrogens (tertiary/aromatic N) is 5. The average Bonchev–Trinajstić information content (AvgIpc) is 3.77. The molecule has 2 saturated heterocycles. The zero-order chi connectivity index (χ0) is 37.8. The van der Waals surface area contributed by atoms with E-state index in [1.54, 1.807) is 0 Å². The molecule has 0 unspecified atom stereocenters. The third kappa shape index (κ3) is 8.83. The van der Waals surface area contributed by atoms with E-state index < -0.39 is 64.5 Å². The van der Waals surface area contributed by atoms with Crippen molar-refractivity contribution >= 4 is 40.9 Å². The third-order valence-electron chi connectivity index (χ3n) is 9.91. The van der Waals surface area contributed by atoms with Crippen LogP contribution in [0.3, 0.4) is 0 Å². The number of nitrogens with two attached hydrogens (primary N) is 1. The van der Waals surface area contributed by atoms with Gasteiger partial charge < -0.3 is 31.1 Å². The number of Topliss-reactive ketones (excluding diaryl/α,β-unsaturated/α-hetero) is 1. The molecular formula is C34H43F3N8O7. The highest BCUT2D eigenvalue weighted by Gasteiger charge is 2.49. The minimum absolute atomic E-state index is 0.00296. The number of carbonyl (C=O) groups excluding carboxylic acids is 5. The molecule has 52 heavy (non-hydrogen) atoms. The van der Waals surface area contributed by atoms with Gasteiger partial charge in [0.2, 0.25) is 11.7 Å². The van der Waals surface area contributed by atoms with Crippen molar-refractivity contribution in [1.29, 1.82) is 0 Å². The van der Waals surface area contributed by atoms with E-state index in [4.69, 9.17) is 10.5 Å². The molecule has 3 aliphatic rings. The van der Waals surface area contributed by atoms with Crippen molar-refractivity contribution in [3.8, 4) is 0 Å². The van der Waals surface area contributed by atoms with Gasteiger partial charge in [-0.05, 0) is 50.5 Å². The molecular weight excluding hydrogens is 689 g/mol. The number of hydrogen-bond acceptors (Lipinski definition) is 9. The van der Waals surface area contributed by atoms with E-state index in [-0.39, 0.29) is 62.8 Å². The van der Waals surface area contributed by atoms with Gasteiger partial charge in [-0.3, -0.25) is 19.2 Å². The van der Waals surface area contributed by atoms with Gasteiger partial charge >= 0.3 is 12.2 Å². The standard InChI is InChI=1S/C34H43F3N8O7/c1-32(2,51)26-18-39-43-45(26)23-17-25(29(48)42-33(27(46)28(38)47)12-14-52-15-13-33)44(19-23)30(49)24(16-20-6-4-3-5-7-20)41-31(50)40-22-10-8-21(9-11-22)34(35,36)37/h8-11,18,20,23,25,51H,3-7,12-17,19H2,1-2H3,(H2,38,47)(H,40,50)(H,42,48)/b41-24+/t23-,25-/m0/s1. The molecule has 1 aromatic carbocycles. The summed E-state index contributed by atoms with van der Waals surface area (Å²) in [5.41, 5.74) is 1.56. The predicted octanol–water partition coefficient (Wildman–Crippen LogP) is 3.03. The van der Waals surface area contributed by atoms with Crippen LogP contribution in [0, 0.1) is 5.92 Å². The lowest BCUT2D eigenvalue weighted by Gasteiger charge is -2.37. The van der Waals surface area contributed by atoms with E-state index in [1.807, 2.05) is 0 Å². The molecule has 1 aliphatic carbocycles. The first-order chi connectivity index (χ1) is 24.5. The quantitative estimate of drug-likeness (QED) is 0.209. The number of rotatable bonds is 10. The Balaban J connectivity index is 1.49. The van der Waals surface area contributed by atoms with Crippen molar-refractivity contribution in [2.24, 2.45) is 16.6 Å². The monoisotopic (exact) mass is 732 g/mol. The lowest BCUT2D eigenvalue weighted by molar-refractivity contribution is -0.146. The number of urea groups is 1. The molecule has 18 heteroatoms. The number of halogens is 3. The van der Waals surface area contributed by atoms with Gasteiger partial charge in [-0.2, -0.15) is 18.2 Å². The van der Waals surface area contributed by atoms with Gasteiger partial charge in [0, 0.05) is 44.7 Å². The van der Waals surface area contributed by atoms with Crippen LogP contribution in [-0.2, 0) is 35.7 Å². The molecule has 3 fully saturated rings. The van der Waals surface area contributed by atoms with Crippen molar-refractivity contribution in [3.05, 3.63) is 41.7 Å². The lowest BCUT2D eigenvalue weighted by atomic mass is 9.84. The second-order valence-electron chi connectivity index (χ2n) is 14.1. The highest BCUT2D eigenvalue weighted by molar-refractivity contribution is 6.41. The number of amides is 5. The summed E-state index contributed by atoms with van der Waals surface area (Å²) in [5, 5.41) is 24.0. The highest BCUT2D eigenvalue weighted by Crippen LogP contribution is 2.34. The summed E-state index contributed by atoms with van der Waals surface area (Å²) in [6, 6.07) is 0.807. The fourth-order valence-corrected chi connectivity index (χ4v) is 7.13. The van der Waals surface area contributed by atoms with Crippen LogP contribution in [0.5, 0.6) is 0 Å². The van der Waals surface area contributed by atoms with E-state index in [0.29, 0.717) is 5.69 Å². The number of anilines is 1. The molecule has 282 valence electrons. The Morgan fingerprint density at radius 3 is 2.31 bits per heavy atom. The molecule has 15 nitrogen and oxygen atoms in total. The van der Waals surface area contributed by atoms with Crippen LogP contribution in [0.4, 0.5) is 23.7 Å². The number of ether oxygens (including phenoxy) is 1. The first kappa shape index (κ1) is 38.5. The lowest BCUT2D eigenvalue weighted by Crippen LogP contribution is -2.63. The predicted molar refractivity (Wildman–Crippen MR) is 179 cm³/mol. The maximum atomic E-state index is 14.5. The SMILES string of the molecule is CC(C)(O)c1cnnn1[C@H]1C[C@@H](C(=O)NC2(C(=O)C(N)=O)CCOCC2)N(C(=O)/C(CC2CCCCC2)=N/C(=O)Nc2ccc(C(F)(F)F)cc2)C1. The first-order valence-electron chi connectivity index (χ1n) is 17.2. The molecule has 2 aromatic rings. The van der Waals surface area contributed by atoms with E-state index >= 15 is 0 Å². The van der Waals surface area contributed by atoms with Gasteiger partial charge in [-0.25, -0.2) is 9.48 Å². The number of alkyl halides is 3. The van der Waals surface area contributed by atoms with Crippen LogP contribution in [0.2, 0.25) is 0 Å². The van der Waals surface area contributed by atoms with E-state index in [1.165, 1.54) is 29.6 Å². The molecule has 5 N–H and O–H groups in total. The molecule has 5 amide bonds. The Hall–Kier alpha value is -4.71. The minimum atomic E-state index is -4.58. The van der Waals surface area contributed by atoms with Crippen LogP contribution in [-0.4, -0.2) is 91.6 Å². The number of benzene rings is 1. The number of ketones is 1. The van der Waals surface area contributed by atoms with Gasteiger partial charge in [0.05, 0.1) is 23.5 Å². The molecule has 0 spiro atoms. The molecule has 5 rings (SSSR count). The number of carbonyl (C=O) groups is 5. The summed E-state index contributed by atoms with van der Waals surface area (Å²) in [7, 11) is 0. The van der Waals surface area contributed by atoms with Crippen molar-refractivity contribution < 1.29 is 47.0 Å². The maximum Gasteiger partial charge on any atom is 0.416 e. The van der Waals surface area contributed by atoms with Gasteiger partial charge in [0.15, 0.2) is 0 Å². The van der Waals surface area contributed by atoms with E-state index in [9.17, 15) is 42.3 Å². The summed E-state index contributed by atoms with van der Waals surface area (Å²) in [6.45, 7) is 3.05. The number of aliphatic hydroxyl groups is 1. The zero-order valence-corrected chi connectivity index (χ0v) is 28.9. The van der Waals surface area contributed by atoms with Gasteiger partial charge in [0.25, 0.3) is 11.8 Å². The van der Waals surface area contributed by atoms with Crippen LogP contribution >= 0.6 is 0 Å². The number of nitrogens with one attached hydrogen (secondary N) is 2.